The summed E-state index contributed by atoms with van der Waals surface area (Å²) in [6.07, 6.45) is 7.07. The van der Waals surface area contributed by atoms with Crippen LogP contribution in [0.15, 0.2) is 73.2 Å². The van der Waals surface area contributed by atoms with Crippen molar-refractivity contribution >= 4 is 5.91 Å². The second-order valence-corrected chi connectivity index (χ2v) is 9.24. The van der Waals surface area contributed by atoms with E-state index in [1.165, 1.54) is 5.56 Å². The van der Waals surface area contributed by atoms with Crippen LogP contribution in [0, 0.1) is 11.3 Å². The number of hydrogen-bond acceptors (Lipinski definition) is 4. The van der Waals surface area contributed by atoms with Gasteiger partial charge in [-0.25, -0.2) is 0 Å². The van der Waals surface area contributed by atoms with Crippen LogP contribution in [0.2, 0.25) is 0 Å². The van der Waals surface area contributed by atoms with Gasteiger partial charge >= 0.3 is 0 Å². The van der Waals surface area contributed by atoms with Gasteiger partial charge in [0.1, 0.15) is 0 Å². The first kappa shape index (κ1) is 22.2. The Morgan fingerprint density at radius 3 is 2.69 bits per heavy atom. The minimum Gasteiger partial charge on any atom is -0.355 e. The maximum atomic E-state index is 13.6. The summed E-state index contributed by atoms with van der Waals surface area (Å²) in [4.78, 5) is 24.7. The Labute approximate surface area is 190 Å². The van der Waals surface area contributed by atoms with Crippen molar-refractivity contribution in [3.05, 3.63) is 84.4 Å². The van der Waals surface area contributed by atoms with Crippen LogP contribution >= 0.6 is 0 Å². The zero-order valence-corrected chi connectivity index (χ0v) is 19.0. The standard InChI is InChI=1S/C27H32N4O/c1-21(2)17-30-26(32)27(12-15-31(20-27)19-24-10-5-6-14-29-24)16-22-8-3-4-11-25(22)23-9-7-13-28-18-23/h3-11,13-14,18,21H,12,15-17,19-20H2,1-2H3,(H,30,32)/t27-/m1/s1. The number of amides is 1. The number of nitrogens with zero attached hydrogens (tertiary/aromatic N) is 3. The van der Waals surface area contributed by atoms with Gasteiger partial charge in [-0.1, -0.05) is 50.2 Å². The van der Waals surface area contributed by atoms with Crippen molar-refractivity contribution in [3.63, 3.8) is 0 Å². The van der Waals surface area contributed by atoms with E-state index in [9.17, 15) is 4.79 Å². The molecule has 1 aliphatic heterocycles. The quantitative estimate of drug-likeness (QED) is 0.579. The SMILES string of the molecule is CC(C)CNC(=O)[C@@]1(Cc2ccccc2-c2cccnc2)CCN(Cc2ccccn2)C1. The highest BCUT2D eigenvalue weighted by atomic mass is 16.2. The molecule has 5 nitrogen and oxygen atoms in total. The summed E-state index contributed by atoms with van der Waals surface area (Å²) in [6, 6.07) is 18.5. The molecular weight excluding hydrogens is 396 g/mol. The molecule has 1 atom stereocenters. The molecule has 0 unspecified atom stereocenters. The molecule has 166 valence electrons. The monoisotopic (exact) mass is 428 g/mol. The Bertz CT molecular complexity index is 1020. The van der Waals surface area contributed by atoms with E-state index in [4.69, 9.17) is 0 Å². The van der Waals surface area contributed by atoms with Gasteiger partial charge in [0, 0.05) is 43.8 Å². The predicted molar refractivity (Wildman–Crippen MR) is 128 cm³/mol. The fourth-order valence-electron chi connectivity index (χ4n) is 4.55. The molecule has 5 heteroatoms. The number of carbonyl (C=O) groups excluding carboxylic acids is 1. The van der Waals surface area contributed by atoms with E-state index in [1.807, 2.05) is 30.6 Å². The number of aromatic nitrogens is 2. The predicted octanol–water partition coefficient (Wildman–Crippen LogP) is 4.35. The van der Waals surface area contributed by atoms with Crippen molar-refractivity contribution in [2.45, 2.75) is 33.2 Å². The first-order valence-corrected chi connectivity index (χ1v) is 11.4. The van der Waals surface area contributed by atoms with Gasteiger partial charge in [-0.05, 0) is 54.6 Å². The lowest BCUT2D eigenvalue weighted by Gasteiger charge is -2.30. The number of benzene rings is 1. The molecule has 0 saturated carbocycles. The molecule has 2 aromatic heterocycles. The van der Waals surface area contributed by atoms with Crippen LogP contribution in [0.25, 0.3) is 11.1 Å². The van der Waals surface area contributed by atoms with Gasteiger partial charge in [0.15, 0.2) is 0 Å². The normalized spacial score (nSPS) is 18.7. The van der Waals surface area contributed by atoms with Crippen molar-refractivity contribution in [3.8, 4) is 11.1 Å². The average molecular weight is 429 g/mol. The minimum atomic E-state index is -0.456. The highest BCUT2D eigenvalue weighted by Crippen LogP contribution is 2.38. The molecule has 1 aromatic carbocycles. The number of nitrogens with one attached hydrogen (secondary N) is 1. The fourth-order valence-corrected chi connectivity index (χ4v) is 4.55. The molecule has 0 bridgehead atoms. The van der Waals surface area contributed by atoms with E-state index in [-0.39, 0.29) is 5.91 Å². The number of hydrogen-bond donors (Lipinski definition) is 1. The number of carbonyl (C=O) groups is 1. The molecule has 4 rings (SSSR count). The van der Waals surface area contributed by atoms with Gasteiger partial charge in [0.25, 0.3) is 0 Å². The Balaban J connectivity index is 1.61. The van der Waals surface area contributed by atoms with E-state index in [2.05, 4.69) is 70.4 Å². The molecule has 0 spiro atoms. The van der Waals surface area contributed by atoms with E-state index in [0.29, 0.717) is 18.9 Å². The van der Waals surface area contributed by atoms with Gasteiger partial charge in [0.2, 0.25) is 5.91 Å². The van der Waals surface area contributed by atoms with Crippen LogP contribution in [0.3, 0.4) is 0 Å². The second-order valence-electron chi connectivity index (χ2n) is 9.24. The maximum absolute atomic E-state index is 13.6. The number of likely N-dealkylation sites (tertiary alicyclic amines) is 1. The Morgan fingerprint density at radius 1 is 1.09 bits per heavy atom. The summed E-state index contributed by atoms with van der Waals surface area (Å²) in [5.41, 5.74) is 4.02. The summed E-state index contributed by atoms with van der Waals surface area (Å²) >= 11 is 0. The lowest BCUT2D eigenvalue weighted by atomic mass is 9.78. The lowest BCUT2D eigenvalue weighted by molar-refractivity contribution is -0.130. The average Bonchev–Trinajstić information content (AvgIpc) is 3.22. The van der Waals surface area contributed by atoms with Crippen molar-refractivity contribution in [2.24, 2.45) is 11.3 Å². The summed E-state index contributed by atoms with van der Waals surface area (Å²) in [5, 5.41) is 3.24. The van der Waals surface area contributed by atoms with Crippen LogP contribution < -0.4 is 5.32 Å². The van der Waals surface area contributed by atoms with Crippen molar-refractivity contribution in [1.29, 1.82) is 0 Å². The highest BCUT2D eigenvalue weighted by molar-refractivity contribution is 5.84. The molecule has 0 radical (unpaired) electrons. The van der Waals surface area contributed by atoms with Crippen LogP contribution in [0.4, 0.5) is 0 Å². The molecule has 32 heavy (non-hydrogen) atoms. The van der Waals surface area contributed by atoms with E-state index >= 15 is 0 Å². The van der Waals surface area contributed by atoms with Crippen molar-refractivity contribution < 1.29 is 4.79 Å². The third-order valence-electron chi connectivity index (χ3n) is 6.22. The smallest absolute Gasteiger partial charge is 0.227 e. The molecule has 0 aliphatic carbocycles. The Kier molecular flexibility index (Phi) is 6.96. The first-order chi connectivity index (χ1) is 15.6. The van der Waals surface area contributed by atoms with Gasteiger partial charge in [-0.15, -0.1) is 0 Å². The van der Waals surface area contributed by atoms with E-state index in [1.54, 1.807) is 6.20 Å². The largest absolute Gasteiger partial charge is 0.355 e. The third kappa shape index (κ3) is 5.22. The fraction of sp³-hybridized carbons (Fsp3) is 0.370. The van der Waals surface area contributed by atoms with Crippen molar-refractivity contribution in [1.82, 2.24) is 20.2 Å². The zero-order valence-electron chi connectivity index (χ0n) is 19.0. The number of pyridine rings is 2. The molecule has 3 aromatic rings. The summed E-state index contributed by atoms with van der Waals surface area (Å²) < 4.78 is 0. The summed E-state index contributed by atoms with van der Waals surface area (Å²) in [7, 11) is 0. The molecular formula is C27H32N4O. The highest BCUT2D eigenvalue weighted by Gasteiger charge is 2.44. The molecule has 1 fully saturated rings. The molecule has 1 N–H and O–H groups in total. The zero-order chi connectivity index (χ0) is 22.4. The van der Waals surface area contributed by atoms with Crippen LogP contribution in [0.5, 0.6) is 0 Å². The van der Waals surface area contributed by atoms with Gasteiger partial charge in [0.05, 0.1) is 11.1 Å². The van der Waals surface area contributed by atoms with Crippen molar-refractivity contribution in [2.75, 3.05) is 19.6 Å². The minimum absolute atomic E-state index is 0.163. The van der Waals surface area contributed by atoms with Crippen LogP contribution in [-0.4, -0.2) is 40.4 Å². The molecule has 3 heterocycles. The third-order valence-corrected chi connectivity index (χ3v) is 6.22. The summed E-state index contributed by atoms with van der Waals surface area (Å²) in [5.74, 6) is 0.584. The molecule has 1 amide bonds. The summed E-state index contributed by atoms with van der Waals surface area (Å²) in [6.45, 7) is 7.35. The molecule has 1 aliphatic rings. The topological polar surface area (TPSA) is 58.1 Å². The molecule has 1 saturated heterocycles. The second kappa shape index (κ2) is 10.0. The van der Waals surface area contributed by atoms with Gasteiger partial charge in [-0.3, -0.25) is 19.7 Å². The van der Waals surface area contributed by atoms with Gasteiger partial charge < -0.3 is 5.32 Å². The Morgan fingerprint density at radius 2 is 1.94 bits per heavy atom. The lowest BCUT2D eigenvalue weighted by Crippen LogP contribution is -2.45. The van der Waals surface area contributed by atoms with Gasteiger partial charge in [-0.2, -0.15) is 0 Å². The Hall–Kier alpha value is -3.05. The maximum Gasteiger partial charge on any atom is 0.227 e. The van der Waals surface area contributed by atoms with Crippen LogP contribution in [0.1, 0.15) is 31.5 Å². The number of rotatable bonds is 8. The van der Waals surface area contributed by atoms with E-state index in [0.717, 1.165) is 42.9 Å². The van der Waals surface area contributed by atoms with E-state index < -0.39 is 5.41 Å². The van der Waals surface area contributed by atoms with Crippen LogP contribution in [-0.2, 0) is 17.8 Å². The first-order valence-electron chi connectivity index (χ1n) is 11.4.